The molecule has 10 heteroatoms. The molecular formula is C25H27FN4O5. The van der Waals surface area contributed by atoms with Crippen molar-refractivity contribution in [3.63, 3.8) is 0 Å². The Morgan fingerprint density at radius 2 is 2.06 bits per heavy atom. The first kappa shape index (κ1) is 23.3. The molecule has 0 radical (unpaired) electrons. The molecule has 35 heavy (non-hydrogen) atoms. The average Bonchev–Trinajstić information content (AvgIpc) is 3.37. The van der Waals surface area contributed by atoms with Crippen molar-refractivity contribution in [1.29, 1.82) is 0 Å². The van der Waals surface area contributed by atoms with Crippen LogP contribution in [0.3, 0.4) is 0 Å². The van der Waals surface area contributed by atoms with Gasteiger partial charge in [-0.1, -0.05) is 13.8 Å². The van der Waals surface area contributed by atoms with Crippen molar-refractivity contribution < 1.29 is 28.9 Å². The van der Waals surface area contributed by atoms with Crippen molar-refractivity contribution in [1.82, 2.24) is 19.7 Å². The molecule has 0 atom stereocenters. The number of aromatic amines is 1. The molecule has 0 bridgehead atoms. The molecule has 1 aliphatic rings. The number of pyridine rings is 1. The summed E-state index contributed by atoms with van der Waals surface area (Å²) >= 11 is 0. The maximum Gasteiger partial charge on any atom is 0.335 e. The second-order valence-electron chi connectivity index (χ2n) is 9.84. The molecule has 0 spiro atoms. The maximum absolute atomic E-state index is 14.3. The standard InChI is InChI=1S/C25H27FN4O5/c1-24(2,12-34-3)21-19(14-9-25(33,10-14)23(31)32)20-17(7-13-11-27-29-22(13)28-20)30(21)15-5-6-16(26)18(8-15)35-4/h5-8,11,14,33H,9-10,12H2,1-4H3,(H,31,32)(H,27,28,29)/t14-,25+. The number of rotatable bonds is 7. The van der Waals surface area contributed by atoms with E-state index in [0.29, 0.717) is 23.5 Å². The van der Waals surface area contributed by atoms with Gasteiger partial charge in [-0.05, 0) is 37.0 Å². The van der Waals surface area contributed by atoms with E-state index < -0.39 is 22.8 Å². The van der Waals surface area contributed by atoms with E-state index in [2.05, 4.69) is 10.2 Å². The number of nitrogens with zero attached hydrogens (tertiary/aromatic N) is 3. The summed E-state index contributed by atoms with van der Waals surface area (Å²) in [5.74, 6) is -1.86. The van der Waals surface area contributed by atoms with E-state index in [1.54, 1.807) is 25.4 Å². The molecule has 3 N–H and O–H groups in total. The fraction of sp³-hybridized carbons (Fsp3) is 0.400. The summed E-state index contributed by atoms with van der Waals surface area (Å²) in [5.41, 5.74) is 2.05. The number of H-pyrrole nitrogens is 1. The number of carboxylic acid groups (broad SMARTS) is 1. The van der Waals surface area contributed by atoms with Crippen molar-refractivity contribution in [2.75, 3.05) is 20.8 Å². The van der Waals surface area contributed by atoms with Crippen LogP contribution in [0.4, 0.5) is 4.39 Å². The number of benzene rings is 1. The second kappa shape index (κ2) is 8.03. The lowest BCUT2D eigenvalue weighted by atomic mass is 9.66. The van der Waals surface area contributed by atoms with E-state index in [-0.39, 0.29) is 24.5 Å². The number of carbonyl (C=O) groups is 1. The summed E-state index contributed by atoms with van der Waals surface area (Å²) in [6.07, 6.45) is 1.80. The Morgan fingerprint density at radius 3 is 2.71 bits per heavy atom. The minimum atomic E-state index is -1.78. The molecular weight excluding hydrogens is 455 g/mol. The number of methoxy groups -OCH3 is 2. The lowest BCUT2D eigenvalue weighted by Gasteiger charge is -2.41. The largest absolute Gasteiger partial charge is 0.494 e. The molecule has 1 fully saturated rings. The number of aromatic nitrogens is 4. The number of carboxylic acids is 1. The Labute approximate surface area is 200 Å². The average molecular weight is 483 g/mol. The van der Waals surface area contributed by atoms with E-state index in [0.717, 1.165) is 22.2 Å². The zero-order chi connectivity index (χ0) is 25.1. The van der Waals surface area contributed by atoms with Crippen LogP contribution in [0.25, 0.3) is 27.8 Å². The zero-order valence-corrected chi connectivity index (χ0v) is 19.9. The van der Waals surface area contributed by atoms with Crippen LogP contribution in [0.5, 0.6) is 5.75 Å². The Bertz CT molecular complexity index is 1450. The first-order chi connectivity index (χ1) is 16.6. The fourth-order valence-corrected chi connectivity index (χ4v) is 5.26. The molecule has 5 rings (SSSR count). The van der Waals surface area contributed by atoms with Crippen LogP contribution < -0.4 is 4.74 Å². The highest BCUT2D eigenvalue weighted by molar-refractivity contribution is 5.94. The van der Waals surface area contributed by atoms with Gasteiger partial charge in [-0.2, -0.15) is 5.10 Å². The van der Waals surface area contributed by atoms with Gasteiger partial charge >= 0.3 is 5.97 Å². The van der Waals surface area contributed by atoms with Crippen LogP contribution >= 0.6 is 0 Å². The summed E-state index contributed by atoms with van der Waals surface area (Å²) in [4.78, 5) is 16.5. The van der Waals surface area contributed by atoms with E-state index in [1.165, 1.54) is 13.2 Å². The highest BCUT2D eigenvalue weighted by atomic mass is 19.1. The normalized spacial score (nSPS) is 20.3. The Morgan fingerprint density at radius 1 is 1.31 bits per heavy atom. The Hall–Kier alpha value is -3.50. The molecule has 0 aliphatic heterocycles. The SMILES string of the molecule is COCC(C)(C)c1c([C@H]2C[C@](O)(C(=O)O)C2)c2nc3[nH]ncc3cc2n1-c1ccc(F)c(OC)c1. The van der Waals surface area contributed by atoms with E-state index >= 15 is 0 Å². The van der Waals surface area contributed by atoms with Crippen LogP contribution in [0.1, 0.15) is 43.9 Å². The number of fused-ring (bicyclic) bond motifs is 2. The van der Waals surface area contributed by atoms with Crippen LogP contribution in [0.15, 0.2) is 30.5 Å². The first-order valence-corrected chi connectivity index (χ1v) is 11.3. The fourth-order valence-electron chi connectivity index (χ4n) is 5.26. The van der Waals surface area contributed by atoms with Crippen molar-refractivity contribution >= 4 is 28.0 Å². The Balaban J connectivity index is 1.86. The molecule has 0 saturated heterocycles. The van der Waals surface area contributed by atoms with Crippen molar-refractivity contribution in [3.05, 3.63) is 47.5 Å². The van der Waals surface area contributed by atoms with Crippen molar-refractivity contribution in [2.45, 2.75) is 43.6 Å². The van der Waals surface area contributed by atoms with E-state index in [9.17, 15) is 19.4 Å². The van der Waals surface area contributed by atoms with E-state index in [1.807, 2.05) is 24.5 Å². The summed E-state index contributed by atoms with van der Waals surface area (Å²) in [7, 11) is 3.03. The number of nitrogens with one attached hydrogen (secondary N) is 1. The van der Waals surface area contributed by atoms with Crippen LogP contribution in [-0.2, 0) is 14.9 Å². The minimum absolute atomic E-state index is 0.0624. The third-order valence-electron chi connectivity index (χ3n) is 6.89. The van der Waals surface area contributed by atoms with Gasteiger partial charge in [0.05, 0.1) is 30.9 Å². The number of ether oxygens (including phenoxy) is 2. The molecule has 184 valence electrons. The van der Waals surface area contributed by atoms with Gasteiger partial charge < -0.3 is 24.3 Å². The van der Waals surface area contributed by atoms with Gasteiger partial charge in [0.2, 0.25) is 0 Å². The minimum Gasteiger partial charge on any atom is -0.494 e. The predicted octanol–water partition coefficient (Wildman–Crippen LogP) is 3.67. The molecule has 3 aromatic heterocycles. The van der Waals surface area contributed by atoms with Gasteiger partial charge in [0.1, 0.15) is 0 Å². The quantitative estimate of drug-likeness (QED) is 0.367. The summed E-state index contributed by atoms with van der Waals surface area (Å²) in [6, 6.07) is 6.60. The summed E-state index contributed by atoms with van der Waals surface area (Å²) < 4.78 is 27.1. The van der Waals surface area contributed by atoms with Crippen LogP contribution in [-0.4, -0.2) is 62.4 Å². The van der Waals surface area contributed by atoms with Crippen LogP contribution in [0.2, 0.25) is 0 Å². The predicted molar refractivity (Wildman–Crippen MR) is 127 cm³/mol. The maximum atomic E-state index is 14.3. The monoisotopic (exact) mass is 482 g/mol. The second-order valence-corrected chi connectivity index (χ2v) is 9.84. The van der Waals surface area contributed by atoms with Crippen molar-refractivity contribution in [2.24, 2.45) is 0 Å². The zero-order valence-electron chi connectivity index (χ0n) is 19.9. The third-order valence-corrected chi connectivity index (χ3v) is 6.89. The molecule has 1 aromatic carbocycles. The molecule has 3 heterocycles. The lowest BCUT2D eigenvalue weighted by Crippen LogP contribution is -2.49. The number of halogens is 1. The first-order valence-electron chi connectivity index (χ1n) is 11.3. The molecule has 1 aliphatic carbocycles. The summed E-state index contributed by atoms with van der Waals surface area (Å²) in [6.45, 7) is 4.42. The van der Waals surface area contributed by atoms with E-state index in [4.69, 9.17) is 14.5 Å². The molecule has 0 unspecified atom stereocenters. The molecule has 9 nitrogen and oxygen atoms in total. The number of hydrogen-bond acceptors (Lipinski definition) is 6. The topological polar surface area (TPSA) is 122 Å². The number of aliphatic hydroxyl groups is 1. The number of hydrogen-bond donors (Lipinski definition) is 3. The van der Waals surface area contributed by atoms with Gasteiger partial charge in [0, 0.05) is 40.9 Å². The molecule has 4 aromatic rings. The van der Waals surface area contributed by atoms with Crippen molar-refractivity contribution in [3.8, 4) is 11.4 Å². The highest BCUT2D eigenvalue weighted by Crippen LogP contribution is 2.51. The van der Waals surface area contributed by atoms with Gasteiger partial charge in [0.25, 0.3) is 0 Å². The van der Waals surface area contributed by atoms with Gasteiger partial charge in [-0.15, -0.1) is 0 Å². The van der Waals surface area contributed by atoms with Crippen LogP contribution in [0, 0.1) is 5.82 Å². The third kappa shape index (κ3) is 3.55. The molecule has 0 amide bonds. The summed E-state index contributed by atoms with van der Waals surface area (Å²) in [5, 5.41) is 27.8. The van der Waals surface area contributed by atoms with Gasteiger partial charge in [-0.25, -0.2) is 14.2 Å². The van der Waals surface area contributed by atoms with Gasteiger partial charge in [-0.3, -0.25) is 5.10 Å². The Kier molecular flexibility index (Phi) is 5.33. The van der Waals surface area contributed by atoms with Gasteiger partial charge in [0.15, 0.2) is 22.8 Å². The highest BCUT2D eigenvalue weighted by Gasteiger charge is 2.52. The number of aliphatic carboxylic acids is 1. The lowest BCUT2D eigenvalue weighted by molar-refractivity contribution is -0.169. The molecule has 1 saturated carbocycles. The smallest absolute Gasteiger partial charge is 0.335 e.